The molecule has 124 valence electrons. The number of carboxylic acids is 1. The van der Waals surface area contributed by atoms with Crippen molar-refractivity contribution in [2.45, 2.75) is 6.42 Å². The van der Waals surface area contributed by atoms with Crippen LogP contribution in [0.5, 0.6) is 0 Å². The van der Waals surface area contributed by atoms with E-state index >= 15 is 0 Å². The van der Waals surface area contributed by atoms with Crippen molar-refractivity contribution in [2.75, 3.05) is 13.6 Å². The summed E-state index contributed by atoms with van der Waals surface area (Å²) >= 11 is 0. The van der Waals surface area contributed by atoms with Crippen molar-refractivity contribution >= 4 is 17.8 Å². The number of carbonyl (C=O) groups is 3. The molecular formula is C18H18N2O4. The molecule has 0 spiro atoms. The Morgan fingerprint density at radius 1 is 0.917 bits per heavy atom. The Kier molecular flexibility index (Phi) is 5.68. The summed E-state index contributed by atoms with van der Waals surface area (Å²) in [5, 5.41) is 14.2. The molecule has 0 aromatic heterocycles. The third kappa shape index (κ3) is 4.42. The average Bonchev–Trinajstić information content (AvgIpc) is 2.61. The Bertz CT molecular complexity index is 754. The summed E-state index contributed by atoms with van der Waals surface area (Å²) in [7, 11) is 1.57. The molecule has 0 heterocycles. The Morgan fingerprint density at radius 2 is 1.58 bits per heavy atom. The van der Waals surface area contributed by atoms with Crippen LogP contribution < -0.4 is 10.6 Å². The van der Waals surface area contributed by atoms with Crippen LogP contribution in [0.1, 0.15) is 36.6 Å². The molecule has 0 saturated heterocycles. The summed E-state index contributed by atoms with van der Waals surface area (Å²) in [6, 6.07) is 12.9. The average molecular weight is 326 g/mol. The van der Waals surface area contributed by atoms with Gasteiger partial charge in [0.25, 0.3) is 11.8 Å². The van der Waals surface area contributed by atoms with Gasteiger partial charge in [0.1, 0.15) is 0 Å². The molecular weight excluding hydrogens is 308 g/mol. The number of rotatable bonds is 6. The number of carboxylic acid groups (broad SMARTS) is 1. The molecule has 6 nitrogen and oxygen atoms in total. The maximum Gasteiger partial charge on any atom is 0.335 e. The zero-order valence-electron chi connectivity index (χ0n) is 13.2. The second-order valence-corrected chi connectivity index (χ2v) is 5.17. The van der Waals surface area contributed by atoms with Crippen molar-refractivity contribution in [3.8, 4) is 0 Å². The topological polar surface area (TPSA) is 95.5 Å². The number of amides is 2. The van der Waals surface area contributed by atoms with Crippen molar-refractivity contribution in [2.24, 2.45) is 0 Å². The van der Waals surface area contributed by atoms with Gasteiger partial charge < -0.3 is 15.7 Å². The number of nitrogens with one attached hydrogen (secondary N) is 2. The van der Waals surface area contributed by atoms with Crippen LogP contribution in [0.3, 0.4) is 0 Å². The lowest BCUT2D eigenvalue weighted by Gasteiger charge is -2.07. The SMILES string of the molecule is CNC(=O)c1cccc(CCNC(=O)c2ccc(C(=O)O)cc2)c1. The molecule has 0 bridgehead atoms. The lowest BCUT2D eigenvalue weighted by molar-refractivity contribution is 0.0696. The fraction of sp³-hybridized carbons (Fsp3) is 0.167. The summed E-state index contributed by atoms with van der Waals surface area (Å²) in [4.78, 5) is 34.4. The zero-order chi connectivity index (χ0) is 17.5. The highest BCUT2D eigenvalue weighted by Gasteiger charge is 2.08. The van der Waals surface area contributed by atoms with Crippen molar-refractivity contribution in [3.05, 3.63) is 70.8 Å². The molecule has 3 N–H and O–H groups in total. The molecule has 2 rings (SSSR count). The first kappa shape index (κ1) is 17.2. The molecule has 2 aromatic carbocycles. The Hall–Kier alpha value is -3.15. The van der Waals surface area contributed by atoms with E-state index in [1.165, 1.54) is 24.3 Å². The predicted molar refractivity (Wildman–Crippen MR) is 89.3 cm³/mol. The minimum Gasteiger partial charge on any atom is -0.478 e. The maximum absolute atomic E-state index is 12.0. The summed E-state index contributed by atoms with van der Waals surface area (Å²) in [5.74, 6) is -1.45. The second kappa shape index (κ2) is 7.92. The van der Waals surface area contributed by atoms with Crippen molar-refractivity contribution in [1.82, 2.24) is 10.6 Å². The molecule has 0 saturated carbocycles. The molecule has 0 atom stereocenters. The van der Waals surface area contributed by atoms with Gasteiger partial charge >= 0.3 is 5.97 Å². The van der Waals surface area contributed by atoms with Crippen LogP contribution in [-0.2, 0) is 6.42 Å². The minimum atomic E-state index is -1.03. The van der Waals surface area contributed by atoms with E-state index < -0.39 is 5.97 Å². The van der Waals surface area contributed by atoms with Crippen molar-refractivity contribution in [3.63, 3.8) is 0 Å². The van der Waals surface area contributed by atoms with E-state index in [1.807, 2.05) is 6.07 Å². The highest BCUT2D eigenvalue weighted by molar-refractivity contribution is 5.96. The molecule has 6 heteroatoms. The van der Waals surface area contributed by atoms with E-state index in [2.05, 4.69) is 10.6 Å². The highest BCUT2D eigenvalue weighted by atomic mass is 16.4. The zero-order valence-corrected chi connectivity index (χ0v) is 13.2. The van der Waals surface area contributed by atoms with E-state index in [0.717, 1.165) is 5.56 Å². The smallest absolute Gasteiger partial charge is 0.335 e. The number of aromatic carboxylic acids is 1. The first-order chi connectivity index (χ1) is 11.5. The minimum absolute atomic E-state index is 0.137. The number of hydrogen-bond donors (Lipinski definition) is 3. The molecule has 0 aliphatic heterocycles. The van der Waals surface area contributed by atoms with Crippen LogP contribution in [0.2, 0.25) is 0 Å². The van der Waals surface area contributed by atoms with Crippen LogP contribution in [-0.4, -0.2) is 36.5 Å². The van der Waals surface area contributed by atoms with E-state index in [-0.39, 0.29) is 17.4 Å². The number of carbonyl (C=O) groups excluding carboxylic acids is 2. The van der Waals surface area contributed by atoms with Crippen LogP contribution in [0, 0.1) is 0 Å². The van der Waals surface area contributed by atoms with Gasteiger partial charge in [-0.05, 0) is 48.4 Å². The first-order valence-corrected chi connectivity index (χ1v) is 7.44. The highest BCUT2D eigenvalue weighted by Crippen LogP contribution is 2.07. The first-order valence-electron chi connectivity index (χ1n) is 7.44. The van der Waals surface area contributed by atoms with Gasteiger partial charge in [-0.3, -0.25) is 9.59 Å². The summed E-state index contributed by atoms with van der Waals surface area (Å²) < 4.78 is 0. The van der Waals surface area contributed by atoms with Gasteiger partial charge in [-0.15, -0.1) is 0 Å². The van der Waals surface area contributed by atoms with E-state index in [4.69, 9.17) is 5.11 Å². The lowest BCUT2D eigenvalue weighted by Crippen LogP contribution is -2.25. The number of benzene rings is 2. The van der Waals surface area contributed by atoms with Gasteiger partial charge in [-0.25, -0.2) is 4.79 Å². The molecule has 0 aliphatic carbocycles. The van der Waals surface area contributed by atoms with Gasteiger partial charge in [0.05, 0.1) is 5.56 Å². The van der Waals surface area contributed by atoms with Crippen LogP contribution in [0.15, 0.2) is 48.5 Å². The van der Waals surface area contributed by atoms with Gasteiger partial charge in [0, 0.05) is 24.7 Å². The van der Waals surface area contributed by atoms with Crippen molar-refractivity contribution in [1.29, 1.82) is 0 Å². The largest absolute Gasteiger partial charge is 0.478 e. The fourth-order valence-electron chi connectivity index (χ4n) is 2.20. The summed E-state index contributed by atoms with van der Waals surface area (Å²) in [5.41, 5.74) is 2.06. The maximum atomic E-state index is 12.0. The van der Waals surface area contributed by atoms with E-state index in [0.29, 0.717) is 24.1 Å². The Labute approximate surface area is 139 Å². The summed E-state index contributed by atoms with van der Waals surface area (Å²) in [6.07, 6.45) is 0.587. The monoisotopic (exact) mass is 326 g/mol. The standard InChI is InChI=1S/C18H18N2O4/c1-19-16(21)15-4-2-3-12(11-15)9-10-20-17(22)13-5-7-14(8-6-13)18(23)24/h2-8,11H,9-10H2,1H3,(H,19,21)(H,20,22)(H,23,24). The third-order valence-electron chi connectivity index (χ3n) is 3.51. The molecule has 24 heavy (non-hydrogen) atoms. The quantitative estimate of drug-likeness (QED) is 0.753. The van der Waals surface area contributed by atoms with Crippen LogP contribution in [0.4, 0.5) is 0 Å². The normalized spacial score (nSPS) is 10.0. The lowest BCUT2D eigenvalue weighted by atomic mass is 10.1. The van der Waals surface area contributed by atoms with Crippen LogP contribution in [0.25, 0.3) is 0 Å². The second-order valence-electron chi connectivity index (χ2n) is 5.17. The predicted octanol–water partition coefficient (Wildman–Crippen LogP) is 1.72. The van der Waals surface area contributed by atoms with Crippen LogP contribution >= 0.6 is 0 Å². The Balaban J connectivity index is 1.90. The van der Waals surface area contributed by atoms with E-state index in [9.17, 15) is 14.4 Å². The molecule has 2 aromatic rings. The molecule has 2 amide bonds. The molecule has 0 aliphatic rings. The Morgan fingerprint density at radius 3 is 2.21 bits per heavy atom. The van der Waals surface area contributed by atoms with Crippen molar-refractivity contribution < 1.29 is 19.5 Å². The van der Waals surface area contributed by atoms with Gasteiger partial charge in [-0.1, -0.05) is 12.1 Å². The fourth-order valence-corrected chi connectivity index (χ4v) is 2.20. The van der Waals surface area contributed by atoms with Gasteiger partial charge in [-0.2, -0.15) is 0 Å². The summed E-state index contributed by atoms with van der Waals surface area (Å²) in [6.45, 7) is 0.413. The van der Waals surface area contributed by atoms with Gasteiger partial charge in [0.15, 0.2) is 0 Å². The molecule has 0 unspecified atom stereocenters. The molecule has 0 fully saturated rings. The number of hydrogen-bond acceptors (Lipinski definition) is 3. The molecule has 0 radical (unpaired) electrons. The van der Waals surface area contributed by atoms with E-state index in [1.54, 1.807) is 25.2 Å². The third-order valence-corrected chi connectivity index (χ3v) is 3.51. The van der Waals surface area contributed by atoms with Gasteiger partial charge in [0.2, 0.25) is 0 Å².